The standard InChI is InChI=1S/C9H8FNO2/c10-7-5-6-2-4-13-9(6)11-8(7)1-3-12/h3,5H,1-2,4H2. The van der Waals surface area contributed by atoms with Crippen LogP contribution in [0.3, 0.4) is 0 Å². The molecule has 0 saturated heterocycles. The Morgan fingerprint density at radius 1 is 1.69 bits per heavy atom. The Morgan fingerprint density at radius 2 is 2.54 bits per heavy atom. The van der Waals surface area contributed by atoms with Crippen LogP contribution in [0.15, 0.2) is 6.07 Å². The lowest BCUT2D eigenvalue weighted by molar-refractivity contribution is -0.107. The van der Waals surface area contributed by atoms with Gasteiger partial charge in [0.25, 0.3) is 0 Å². The Hall–Kier alpha value is -1.45. The molecule has 68 valence electrons. The minimum Gasteiger partial charge on any atom is -0.477 e. The van der Waals surface area contributed by atoms with Crippen molar-refractivity contribution in [3.8, 4) is 5.88 Å². The first-order chi connectivity index (χ1) is 6.31. The van der Waals surface area contributed by atoms with Gasteiger partial charge >= 0.3 is 0 Å². The topological polar surface area (TPSA) is 39.2 Å². The smallest absolute Gasteiger partial charge is 0.217 e. The van der Waals surface area contributed by atoms with E-state index in [1.165, 1.54) is 6.07 Å². The highest BCUT2D eigenvalue weighted by molar-refractivity contribution is 5.54. The first-order valence-corrected chi connectivity index (χ1v) is 4.06. The van der Waals surface area contributed by atoms with E-state index in [0.29, 0.717) is 25.2 Å². The molecule has 0 bridgehead atoms. The van der Waals surface area contributed by atoms with Crippen LogP contribution >= 0.6 is 0 Å². The molecule has 13 heavy (non-hydrogen) atoms. The van der Waals surface area contributed by atoms with Crippen LogP contribution in [0.1, 0.15) is 11.3 Å². The van der Waals surface area contributed by atoms with E-state index in [2.05, 4.69) is 4.98 Å². The summed E-state index contributed by atoms with van der Waals surface area (Å²) >= 11 is 0. The number of aromatic nitrogens is 1. The van der Waals surface area contributed by atoms with Gasteiger partial charge in [-0.3, -0.25) is 0 Å². The summed E-state index contributed by atoms with van der Waals surface area (Å²) in [4.78, 5) is 14.1. The Bertz CT molecular complexity index is 352. The van der Waals surface area contributed by atoms with Gasteiger partial charge in [0.15, 0.2) is 0 Å². The van der Waals surface area contributed by atoms with Gasteiger partial charge in [-0.25, -0.2) is 9.37 Å². The van der Waals surface area contributed by atoms with Crippen LogP contribution in [-0.4, -0.2) is 17.9 Å². The lowest BCUT2D eigenvalue weighted by Crippen LogP contribution is -1.98. The normalized spacial score (nSPS) is 13.6. The zero-order valence-electron chi connectivity index (χ0n) is 6.92. The minimum absolute atomic E-state index is 0.00245. The second-order valence-electron chi connectivity index (χ2n) is 2.85. The first kappa shape index (κ1) is 8.16. The lowest BCUT2D eigenvalue weighted by atomic mass is 10.2. The van der Waals surface area contributed by atoms with Gasteiger partial charge in [-0.1, -0.05) is 0 Å². The number of hydrogen-bond donors (Lipinski definition) is 0. The minimum atomic E-state index is -0.420. The van der Waals surface area contributed by atoms with Crippen molar-refractivity contribution in [2.75, 3.05) is 6.61 Å². The molecule has 1 aliphatic rings. The number of nitrogens with zero attached hydrogens (tertiary/aromatic N) is 1. The average Bonchev–Trinajstić information content (AvgIpc) is 2.52. The number of halogens is 1. The Morgan fingerprint density at radius 3 is 3.31 bits per heavy atom. The fourth-order valence-electron chi connectivity index (χ4n) is 1.33. The predicted octanol–water partition coefficient (Wildman–Crippen LogP) is 0.897. The first-order valence-electron chi connectivity index (χ1n) is 4.06. The zero-order valence-corrected chi connectivity index (χ0v) is 6.92. The van der Waals surface area contributed by atoms with Crippen molar-refractivity contribution in [1.82, 2.24) is 4.98 Å². The van der Waals surface area contributed by atoms with Crippen molar-refractivity contribution in [1.29, 1.82) is 0 Å². The molecule has 4 heteroatoms. The van der Waals surface area contributed by atoms with E-state index in [1.807, 2.05) is 0 Å². The molecule has 0 amide bonds. The van der Waals surface area contributed by atoms with Gasteiger partial charge in [-0.2, -0.15) is 0 Å². The molecule has 0 fully saturated rings. The van der Waals surface area contributed by atoms with Crippen LogP contribution < -0.4 is 4.74 Å². The summed E-state index contributed by atoms with van der Waals surface area (Å²) < 4.78 is 18.3. The molecule has 1 aromatic rings. The highest BCUT2D eigenvalue weighted by Gasteiger charge is 2.17. The summed E-state index contributed by atoms with van der Waals surface area (Å²) in [5.41, 5.74) is 0.947. The molecule has 1 aliphatic heterocycles. The molecule has 0 aromatic carbocycles. The maximum absolute atomic E-state index is 13.2. The Kier molecular flexibility index (Phi) is 1.96. The molecule has 0 saturated carbocycles. The zero-order chi connectivity index (χ0) is 9.26. The molecule has 2 heterocycles. The van der Waals surface area contributed by atoms with Crippen molar-refractivity contribution in [3.63, 3.8) is 0 Å². The SMILES string of the molecule is O=CCc1nc2c(cc1F)CCO2. The second kappa shape index (κ2) is 3.12. The maximum atomic E-state index is 13.2. The lowest BCUT2D eigenvalue weighted by Gasteiger charge is -2.01. The maximum Gasteiger partial charge on any atom is 0.217 e. The van der Waals surface area contributed by atoms with E-state index in [4.69, 9.17) is 4.74 Å². The van der Waals surface area contributed by atoms with Gasteiger partial charge in [0.2, 0.25) is 5.88 Å². The van der Waals surface area contributed by atoms with Gasteiger partial charge < -0.3 is 9.53 Å². The van der Waals surface area contributed by atoms with Crippen LogP contribution in [0, 0.1) is 5.82 Å². The molecule has 3 nitrogen and oxygen atoms in total. The third kappa shape index (κ3) is 1.39. The van der Waals surface area contributed by atoms with E-state index in [-0.39, 0.29) is 12.1 Å². The van der Waals surface area contributed by atoms with E-state index in [9.17, 15) is 9.18 Å². The van der Waals surface area contributed by atoms with Crippen LogP contribution in [-0.2, 0) is 17.6 Å². The van der Waals surface area contributed by atoms with Gasteiger partial charge in [0.1, 0.15) is 12.1 Å². The number of pyridine rings is 1. The monoisotopic (exact) mass is 181 g/mol. The summed E-state index contributed by atoms with van der Waals surface area (Å²) in [6, 6.07) is 1.40. The third-order valence-corrected chi connectivity index (χ3v) is 1.97. The molecular formula is C9H8FNO2. The van der Waals surface area contributed by atoms with Gasteiger partial charge in [0.05, 0.1) is 12.3 Å². The molecule has 0 aliphatic carbocycles. The molecule has 0 N–H and O–H groups in total. The molecule has 2 rings (SSSR count). The molecule has 0 spiro atoms. The van der Waals surface area contributed by atoms with Crippen molar-refractivity contribution in [2.24, 2.45) is 0 Å². The largest absolute Gasteiger partial charge is 0.477 e. The average molecular weight is 181 g/mol. The fraction of sp³-hybridized carbons (Fsp3) is 0.333. The molecular weight excluding hydrogens is 173 g/mol. The Labute approximate surface area is 74.5 Å². The highest BCUT2D eigenvalue weighted by Crippen LogP contribution is 2.24. The number of ether oxygens (including phenoxy) is 1. The number of fused-ring (bicyclic) bond motifs is 1. The molecule has 0 atom stereocenters. The number of carbonyl (C=O) groups is 1. The summed E-state index contributed by atoms with van der Waals surface area (Å²) in [5.74, 6) is 0.0506. The van der Waals surface area contributed by atoms with Crippen LogP contribution in [0.2, 0.25) is 0 Å². The second-order valence-corrected chi connectivity index (χ2v) is 2.85. The van der Waals surface area contributed by atoms with E-state index < -0.39 is 5.82 Å². The molecule has 0 unspecified atom stereocenters. The molecule has 0 radical (unpaired) electrons. The Balaban J connectivity index is 2.42. The molecule has 1 aromatic heterocycles. The predicted molar refractivity (Wildman–Crippen MR) is 43.2 cm³/mol. The van der Waals surface area contributed by atoms with Crippen LogP contribution in [0.5, 0.6) is 5.88 Å². The number of aldehydes is 1. The van der Waals surface area contributed by atoms with Crippen molar-refractivity contribution >= 4 is 6.29 Å². The van der Waals surface area contributed by atoms with Crippen LogP contribution in [0.4, 0.5) is 4.39 Å². The summed E-state index contributed by atoms with van der Waals surface area (Å²) in [5, 5.41) is 0. The van der Waals surface area contributed by atoms with Gasteiger partial charge in [-0.05, 0) is 6.07 Å². The summed E-state index contributed by atoms with van der Waals surface area (Å²) in [7, 11) is 0. The highest BCUT2D eigenvalue weighted by atomic mass is 19.1. The van der Waals surface area contributed by atoms with Crippen molar-refractivity contribution < 1.29 is 13.9 Å². The van der Waals surface area contributed by atoms with E-state index in [0.717, 1.165) is 5.56 Å². The van der Waals surface area contributed by atoms with Gasteiger partial charge in [-0.15, -0.1) is 0 Å². The number of carbonyl (C=O) groups excluding carboxylic acids is 1. The number of hydrogen-bond acceptors (Lipinski definition) is 3. The summed E-state index contributed by atoms with van der Waals surface area (Å²) in [6.45, 7) is 0.548. The quantitative estimate of drug-likeness (QED) is 0.636. The van der Waals surface area contributed by atoms with Crippen molar-refractivity contribution in [2.45, 2.75) is 12.8 Å². The number of rotatable bonds is 2. The van der Waals surface area contributed by atoms with Crippen molar-refractivity contribution in [3.05, 3.63) is 23.1 Å². The summed E-state index contributed by atoms with van der Waals surface area (Å²) in [6.07, 6.45) is 1.33. The van der Waals surface area contributed by atoms with E-state index in [1.54, 1.807) is 0 Å². The van der Waals surface area contributed by atoms with E-state index >= 15 is 0 Å². The third-order valence-electron chi connectivity index (χ3n) is 1.97. The fourth-order valence-corrected chi connectivity index (χ4v) is 1.33. The van der Waals surface area contributed by atoms with Crippen LogP contribution in [0.25, 0.3) is 0 Å². The van der Waals surface area contributed by atoms with Gasteiger partial charge in [0, 0.05) is 18.4 Å².